The third-order valence-electron chi connectivity index (χ3n) is 4.23. The number of nitrogen functional groups attached to an aromatic ring is 1. The third-order valence-corrected chi connectivity index (χ3v) is 5.67. The minimum Gasteiger partial charge on any atom is -0.399 e. The van der Waals surface area contributed by atoms with Gasteiger partial charge in [0.1, 0.15) is 0 Å². The summed E-state index contributed by atoms with van der Waals surface area (Å²) in [6.07, 6.45) is 0. The van der Waals surface area contributed by atoms with E-state index in [0.717, 1.165) is 5.39 Å². The summed E-state index contributed by atoms with van der Waals surface area (Å²) in [5.74, 6) is -0.115. The second kappa shape index (κ2) is 7.16. The smallest absolute Gasteiger partial charge is 0.262 e. The van der Waals surface area contributed by atoms with Gasteiger partial charge >= 0.3 is 0 Å². The zero-order chi connectivity index (χ0) is 20.5. The van der Waals surface area contributed by atoms with Gasteiger partial charge in [-0.1, -0.05) is 39.0 Å². The second-order valence-electron chi connectivity index (χ2n) is 7.62. The summed E-state index contributed by atoms with van der Waals surface area (Å²) in [6, 6.07) is 16.7. The number of hydrogen-bond donors (Lipinski definition) is 3. The highest BCUT2D eigenvalue weighted by atomic mass is 32.2. The fraction of sp³-hybridized carbons (Fsp3) is 0.190. The Hall–Kier alpha value is -3.06. The predicted molar refractivity (Wildman–Crippen MR) is 114 cm³/mol. The van der Waals surface area contributed by atoms with E-state index in [1.807, 2.05) is 26.8 Å². The first-order valence-electron chi connectivity index (χ1n) is 8.79. The molecule has 7 heteroatoms. The van der Waals surface area contributed by atoms with Crippen molar-refractivity contribution in [3.63, 3.8) is 0 Å². The molecule has 146 valence electrons. The molecule has 0 aliphatic rings. The Morgan fingerprint density at radius 2 is 1.57 bits per heavy atom. The molecular formula is C21H23N3O3S. The highest BCUT2D eigenvalue weighted by molar-refractivity contribution is 7.93. The van der Waals surface area contributed by atoms with Crippen molar-refractivity contribution in [2.75, 3.05) is 15.8 Å². The Labute approximate surface area is 164 Å². The molecule has 0 saturated heterocycles. The molecule has 0 atom stereocenters. The van der Waals surface area contributed by atoms with Crippen molar-refractivity contribution in [2.45, 2.75) is 25.7 Å². The van der Waals surface area contributed by atoms with Crippen LogP contribution in [0.1, 0.15) is 20.8 Å². The normalized spacial score (nSPS) is 12.0. The minimum atomic E-state index is -3.79. The molecule has 28 heavy (non-hydrogen) atoms. The average molecular weight is 398 g/mol. The summed E-state index contributed by atoms with van der Waals surface area (Å²) in [5, 5.41) is 4.15. The Bertz CT molecular complexity index is 1130. The molecule has 0 spiro atoms. The number of nitrogens with one attached hydrogen (secondary N) is 2. The average Bonchev–Trinajstić information content (AvgIpc) is 2.61. The molecule has 0 unspecified atom stereocenters. The molecule has 0 fully saturated rings. The molecule has 3 rings (SSSR count). The van der Waals surface area contributed by atoms with Gasteiger partial charge in [-0.3, -0.25) is 9.52 Å². The molecule has 3 aromatic rings. The van der Waals surface area contributed by atoms with Crippen LogP contribution in [0, 0.1) is 5.41 Å². The lowest BCUT2D eigenvalue weighted by molar-refractivity contribution is -0.123. The van der Waals surface area contributed by atoms with E-state index in [0.29, 0.717) is 22.4 Å². The number of rotatable bonds is 4. The van der Waals surface area contributed by atoms with E-state index >= 15 is 0 Å². The lowest BCUT2D eigenvalue weighted by atomic mass is 9.95. The number of sulfonamides is 1. The number of benzene rings is 3. The lowest BCUT2D eigenvalue weighted by Crippen LogP contribution is -2.27. The molecule has 0 radical (unpaired) electrons. The van der Waals surface area contributed by atoms with Crippen molar-refractivity contribution in [2.24, 2.45) is 5.41 Å². The number of amides is 1. The summed E-state index contributed by atoms with van der Waals surface area (Å²) in [7, 11) is -3.79. The van der Waals surface area contributed by atoms with Crippen LogP contribution in [0.3, 0.4) is 0 Å². The van der Waals surface area contributed by atoms with Crippen molar-refractivity contribution < 1.29 is 13.2 Å². The van der Waals surface area contributed by atoms with E-state index in [2.05, 4.69) is 10.0 Å². The number of nitrogens with two attached hydrogens (primary N) is 1. The van der Waals surface area contributed by atoms with E-state index < -0.39 is 15.4 Å². The monoisotopic (exact) mass is 397 g/mol. The zero-order valence-electron chi connectivity index (χ0n) is 16.0. The van der Waals surface area contributed by atoms with Crippen LogP contribution in [0.25, 0.3) is 10.8 Å². The highest BCUT2D eigenvalue weighted by Crippen LogP contribution is 2.27. The summed E-state index contributed by atoms with van der Waals surface area (Å²) >= 11 is 0. The molecular weight excluding hydrogens is 374 g/mol. The Balaban J connectivity index is 1.84. The van der Waals surface area contributed by atoms with Crippen molar-refractivity contribution in [1.29, 1.82) is 0 Å². The van der Waals surface area contributed by atoms with Gasteiger partial charge in [-0.05, 0) is 47.9 Å². The van der Waals surface area contributed by atoms with Crippen LogP contribution in [-0.2, 0) is 14.8 Å². The van der Waals surface area contributed by atoms with Gasteiger partial charge in [0.15, 0.2) is 0 Å². The number of anilines is 3. The van der Waals surface area contributed by atoms with E-state index in [-0.39, 0.29) is 10.8 Å². The molecule has 1 amide bonds. The molecule has 3 aromatic carbocycles. The lowest BCUT2D eigenvalue weighted by Gasteiger charge is -2.18. The first-order chi connectivity index (χ1) is 13.1. The van der Waals surface area contributed by atoms with Gasteiger partial charge in [0.05, 0.1) is 4.90 Å². The maximum absolute atomic E-state index is 12.9. The highest BCUT2D eigenvalue weighted by Gasteiger charge is 2.21. The Kier molecular flexibility index (Phi) is 5.04. The first-order valence-corrected chi connectivity index (χ1v) is 10.3. The Morgan fingerprint density at radius 3 is 2.21 bits per heavy atom. The van der Waals surface area contributed by atoms with Gasteiger partial charge in [0.25, 0.3) is 10.0 Å². The summed E-state index contributed by atoms with van der Waals surface area (Å²) < 4.78 is 28.3. The minimum absolute atomic E-state index is 0.115. The third kappa shape index (κ3) is 4.26. The summed E-state index contributed by atoms with van der Waals surface area (Å²) in [4.78, 5) is 12.2. The van der Waals surface area contributed by atoms with E-state index in [1.165, 1.54) is 0 Å². The van der Waals surface area contributed by atoms with Crippen LogP contribution in [0.15, 0.2) is 65.6 Å². The first kappa shape index (κ1) is 19.7. The fourth-order valence-corrected chi connectivity index (χ4v) is 3.95. The quantitative estimate of drug-likeness (QED) is 0.574. The fourth-order valence-electron chi connectivity index (χ4n) is 2.66. The molecule has 0 aromatic heterocycles. The van der Waals surface area contributed by atoms with Gasteiger partial charge in [0, 0.05) is 27.9 Å². The molecule has 4 N–H and O–H groups in total. The maximum atomic E-state index is 12.9. The topological polar surface area (TPSA) is 101 Å². The van der Waals surface area contributed by atoms with Crippen LogP contribution in [-0.4, -0.2) is 14.3 Å². The molecule has 0 saturated carbocycles. The van der Waals surface area contributed by atoms with Crippen LogP contribution in [0.5, 0.6) is 0 Å². The molecule has 0 heterocycles. The van der Waals surface area contributed by atoms with Crippen LogP contribution < -0.4 is 15.8 Å². The van der Waals surface area contributed by atoms with Gasteiger partial charge < -0.3 is 11.1 Å². The van der Waals surface area contributed by atoms with E-state index in [4.69, 9.17) is 5.73 Å². The van der Waals surface area contributed by atoms with Crippen LogP contribution >= 0.6 is 0 Å². The number of carbonyl (C=O) groups is 1. The van der Waals surface area contributed by atoms with Crippen LogP contribution in [0.4, 0.5) is 17.1 Å². The van der Waals surface area contributed by atoms with Crippen molar-refractivity contribution >= 4 is 43.8 Å². The van der Waals surface area contributed by atoms with Crippen molar-refractivity contribution in [3.8, 4) is 0 Å². The number of fused-ring (bicyclic) bond motifs is 1. The number of carbonyl (C=O) groups excluding carboxylic acids is 1. The zero-order valence-corrected chi connectivity index (χ0v) is 16.8. The summed E-state index contributed by atoms with van der Waals surface area (Å²) in [5.41, 5.74) is 6.85. The second-order valence-corrected chi connectivity index (χ2v) is 9.27. The molecule has 0 aliphatic carbocycles. The van der Waals surface area contributed by atoms with Gasteiger partial charge in [0.2, 0.25) is 5.91 Å². The van der Waals surface area contributed by atoms with Crippen molar-refractivity contribution in [3.05, 3.63) is 60.7 Å². The van der Waals surface area contributed by atoms with E-state index in [1.54, 1.807) is 54.6 Å². The van der Waals surface area contributed by atoms with E-state index in [9.17, 15) is 13.2 Å². The standard InChI is InChI=1S/C21H23N3O3S/c1-21(2,3)20(25)23-16-8-10-17(11-9-16)24-28(26,27)19-6-4-5-14-13-15(22)7-12-18(14)19/h4-13,24H,22H2,1-3H3,(H,23,25). The largest absolute Gasteiger partial charge is 0.399 e. The molecule has 0 aliphatic heterocycles. The number of hydrogen-bond acceptors (Lipinski definition) is 4. The maximum Gasteiger partial charge on any atom is 0.262 e. The van der Waals surface area contributed by atoms with Crippen LogP contribution in [0.2, 0.25) is 0 Å². The van der Waals surface area contributed by atoms with Crippen molar-refractivity contribution in [1.82, 2.24) is 0 Å². The van der Waals surface area contributed by atoms with Gasteiger partial charge in [-0.15, -0.1) is 0 Å². The summed E-state index contributed by atoms with van der Waals surface area (Å²) in [6.45, 7) is 5.47. The molecule has 6 nitrogen and oxygen atoms in total. The molecule has 0 bridgehead atoms. The van der Waals surface area contributed by atoms with Gasteiger partial charge in [-0.2, -0.15) is 0 Å². The van der Waals surface area contributed by atoms with Gasteiger partial charge in [-0.25, -0.2) is 8.42 Å². The predicted octanol–water partition coefficient (Wildman–Crippen LogP) is 4.21. The SMILES string of the molecule is CC(C)(C)C(=O)Nc1ccc(NS(=O)(=O)c2cccc3cc(N)ccc23)cc1. The Morgan fingerprint density at radius 1 is 0.929 bits per heavy atom.